The molecule has 10 nitrogen and oxygen atoms in total. The van der Waals surface area contributed by atoms with Crippen LogP contribution in [0.4, 0.5) is 0 Å². The zero-order valence-corrected chi connectivity index (χ0v) is 20.0. The molecule has 1 aromatic carbocycles. The molecule has 0 saturated heterocycles. The van der Waals surface area contributed by atoms with Crippen molar-refractivity contribution in [2.45, 2.75) is 30.9 Å². The Bertz CT molecular complexity index is 1310. The lowest BCUT2D eigenvalue weighted by Gasteiger charge is -2.50. The minimum atomic E-state index is -2.63. The number of ketones is 2. The summed E-state index contributed by atoms with van der Waals surface area (Å²) in [5.41, 5.74) is 4.34. The first-order valence-electron chi connectivity index (χ1n) is 11.9. The molecular formula is C26H29N3O7. The van der Waals surface area contributed by atoms with E-state index in [1.54, 1.807) is 20.2 Å². The van der Waals surface area contributed by atoms with Crippen LogP contribution in [-0.2, 0) is 16.0 Å². The number of nitrogens with zero attached hydrogens (tertiary/aromatic N) is 1. The number of fused-ring (bicyclic) bond motifs is 3. The van der Waals surface area contributed by atoms with Crippen molar-refractivity contribution in [3.63, 3.8) is 0 Å². The largest absolute Gasteiger partial charge is 0.510 e. The van der Waals surface area contributed by atoms with E-state index in [0.29, 0.717) is 12.1 Å². The molecule has 0 bridgehead atoms. The first-order valence-corrected chi connectivity index (χ1v) is 11.9. The van der Waals surface area contributed by atoms with E-state index >= 15 is 0 Å². The molecule has 1 aromatic rings. The van der Waals surface area contributed by atoms with E-state index in [1.807, 2.05) is 6.08 Å². The van der Waals surface area contributed by atoms with Crippen LogP contribution in [-0.4, -0.2) is 81.6 Å². The quantitative estimate of drug-likeness (QED) is 0.326. The topological polar surface area (TPSA) is 173 Å². The number of hydrogen-bond acceptors (Lipinski definition) is 9. The maximum absolute atomic E-state index is 13.7. The van der Waals surface area contributed by atoms with Crippen LogP contribution in [0.1, 0.15) is 34.3 Å². The van der Waals surface area contributed by atoms with Crippen molar-refractivity contribution >= 4 is 23.0 Å². The summed E-state index contributed by atoms with van der Waals surface area (Å²) in [6.45, 7) is 1.46. The van der Waals surface area contributed by atoms with Crippen molar-refractivity contribution in [1.29, 1.82) is 0 Å². The summed E-state index contributed by atoms with van der Waals surface area (Å²) in [4.78, 5) is 40.6. The zero-order valence-electron chi connectivity index (χ0n) is 20.0. The first kappa shape index (κ1) is 24.2. The predicted molar refractivity (Wildman–Crippen MR) is 129 cm³/mol. The number of primary amides is 1. The molecule has 36 heavy (non-hydrogen) atoms. The minimum Gasteiger partial charge on any atom is -0.510 e. The van der Waals surface area contributed by atoms with Gasteiger partial charge in [-0.15, -0.1) is 0 Å². The van der Waals surface area contributed by atoms with Crippen molar-refractivity contribution in [2.24, 2.45) is 17.6 Å². The first-order chi connectivity index (χ1) is 17.0. The Labute approximate surface area is 207 Å². The Hall–Kier alpha value is -3.47. The van der Waals surface area contributed by atoms with Crippen LogP contribution in [0.3, 0.4) is 0 Å². The van der Waals surface area contributed by atoms with E-state index < -0.39 is 58.0 Å². The van der Waals surface area contributed by atoms with Crippen molar-refractivity contribution in [2.75, 3.05) is 27.2 Å². The Morgan fingerprint density at radius 2 is 1.92 bits per heavy atom. The van der Waals surface area contributed by atoms with Gasteiger partial charge < -0.3 is 31.5 Å². The predicted octanol–water partition coefficient (Wildman–Crippen LogP) is 0.497. The summed E-state index contributed by atoms with van der Waals surface area (Å²) < 4.78 is 0. The normalized spacial score (nSPS) is 30.1. The minimum absolute atomic E-state index is 0.0349. The number of phenolic OH excluding ortho intramolecular Hbond substituents is 1. The lowest BCUT2D eigenvalue weighted by molar-refractivity contribution is -0.148. The number of amides is 1. The molecule has 10 heteroatoms. The van der Waals surface area contributed by atoms with Crippen molar-refractivity contribution in [1.82, 2.24) is 10.2 Å². The van der Waals surface area contributed by atoms with Crippen molar-refractivity contribution < 1.29 is 34.8 Å². The number of benzene rings is 1. The van der Waals surface area contributed by atoms with Gasteiger partial charge in [0.1, 0.15) is 22.8 Å². The van der Waals surface area contributed by atoms with Gasteiger partial charge in [0.15, 0.2) is 11.4 Å². The van der Waals surface area contributed by atoms with E-state index in [4.69, 9.17) is 5.73 Å². The number of aromatic hydroxyl groups is 1. The summed E-state index contributed by atoms with van der Waals surface area (Å²) in [6, 6.07) is 2.21. The monoisotopic (exact) mass is 495 g/mol. The molecular weight excluding hydrogens is 466 g/mol. The zero-order chi connectivity index (χ0) is 26.1. The molecule has 1 aliphatic heterocycles. The number of carbonyl (C=O) groups excluding carboxylic acids is 3. The van der Waals surface area contributed by atoms with Crippen LogP contribution >= 0.6 is 0 Å². The SMILES string of the molecule is CN(C)[C@@H]1C(O)=C(C(N)=O)C(=O)[C@@]2(O)C(O)=C3C(=O)c4c(O)ccc(C5=CCNCC5)c4C[C@H]3C[C@@H]12. The van der Waals surface area contributed by atoms with Gasteiger partial charge in [-0.05, 0) is 68.6 Å². The maximum atomic E-state index is 13.7. The fourth-order valence-electron chi connectivity index (χ4n) is 6.42. The second kappa shape index (κ2) is 8.29. The van der Waals surface area contributed by atoms with E-state index in [1.165, 1.54) is 11.0 Å². The van der Waals surface area contributed by atoms with Gasteiger partial charge in [-0.25, -0.2) is 0 Å². The van der Waals surface area contributed by atoms with E-state index in [9.17, 15) is 34.8 Å². The molecule has 190 valence electrons. The Kier molecular flexibility index (Phi) is 5.58. The van der Waals surface area contributed by atoms with Gasteiger partial charge in [0, 0.05) is 18.0 Å². The van der Waals surface area contributed by atoms with Crippen LogP contribution in [0, 0.1) is 11.8 Å². The fraction of sp³-hybridized carbons (Fsp3) is 0.423. The summed E-state index contributed by atoms with van der Waals surface area (Å²) in [5.74, 6) is -6.46. The van der Waals surface area contributed by atoms with E-state index in [-0.39, 0.29) is 29.7 Å². The van der Waals surface area contributed by atoms with Gasteiger partial charge in [-0.1, -0.05) is 12.1 Å². The highest BCUT2D eigenvalue weighted by molar-refractivity contribution is 6.24. The van der Waals surface area contributed by atoms with Crippen LogP contribution in [0.25, 0.3) is 5.57 Å². The fourth-order valence-corrected chi connectivity index (χ4v) is 6.42. The highest BCUT2D eigenvalue weighted by Gasteiger charge is 2.63. The number of nitrogens with one attached hydrogen (secondary N) is 1. The number of likely N-dealkylation sites (N-methyl/N-ethyl adjacent to an activating group) is 1. The summed E-state index contributed by atoms with van der Waals surface area (Å²) in [6.07, 6.45) is 3.14. The lowest BCUT2D eigenvalue weighted by Crippen LogP contribution is -2.63. The van der Waals surface area contributed by atoms with Crippen molar-refractivity contribution in [3.05, 3.63) is 57.6 Å². The van der Waals surface area contributed by atoms with Gasteiger partial charge in [-0.2, -0.15) is 0 Å². The average Bonchev–Trinajstić information content (AvgIpc) is 2.81. The van der Waals surface area contributed by atoms with Crippen LogP contribution in [0.5, 0.6) is 5.75 Å². The smallest absolute Gasteiger partial charge is 0.255 e. The van der Waals surface area contributed by atoms with Gasteiger partial charge in [0.05, 0.1) is 11.6 Å². The van der Waals surface area contributed by atoms with Gasteiger partial charge in [0.2, 0.25) is 5.78 Å². The number of Topliss-reactive ketones (excluding diaryl/α,β-unsaturated/α-hetero) is 2. The Balaban J connectivity index is 1.71. The number of allylic oxidation sites excluding steroid dienone is 1. The standard InChI is InChI=1S/C26H29N3O7/c1-29(2)20-15-10-12-9-14-13(11-5-7-28-8-6-11)3-4-16(30)18(14)21(31)17(12)23(33)26(15,36)24(34)19(22(20)32)25(27)35/h3-5,12,15,20,28,30,32-33,36H,6-10H2,1-2H3,(H2,27,35)/t12-,15-,20-,26-/m0/s1. The van der Waals surface area contributed by atoms with Gasteiger partial charge in [0.25, 0.3) is 5.91 Å². The molecule has 0 aromatic heterocycles. The van der Waals surface area contributed by atoms with Gasteiger partial charge in [-0.3, -0.25) is 19.3 Å². The number of aliphatic hydroxyl groups excluding tert-OH is 2. The third kappa shape index (κ3) is 3.18. The number of hydrogen-bond donors (Lipinski definition) is 6. The molecule has 3 aliphatic carbocycles. The second-order valence-corrected chi connectivity index (χ2v) is 10.1. The maximum Gasteiger partial charge on any atom is 0.255 e. The molecule has 4 aliphatic rings. The second-order valence-electron chi connectivity index (χ2n) is 10.1. The third-order valence-electron chi connectivity index (χ3n) is 8.02. The highest BCUT2D eigenvalue weighted by Crippen LogP contribution is 2.52. The van der Waals surface area contributed by atoms with Crippen LogP contribution < -0.4 is 11.1 Å². The number of rotatable bonds is 3. The lowest BCUT2D eigenvalue weighted by atomic mass is 9.58. The number of carbonyl (C=O) groups is 3. The molecule has 1 amide bonds. The molecule has 7 N–H and O–H groups in total. The molecule has 5 rings (SSSR count). The molecule has 0 unspecified atom stereocenters. The summed E-state index contributed by atoms with van der Waals surface area (Å²) in [7, 11) is 3.21. The molecule has 4 atom stereocenters. The summed E-state index contributed by atoms with van der Waals surface area (Å²) >= 11 is 0. The molecule has 0 spiro atoms. The average molecular weight is 496 g/mol. The summed E-state index contributed by atoms with van der Waals surface area (Å²) in [5, 5.41) is 47.7. The molecule has 1 heterocycles. The molecule has 0 saturated carbocycles. The number of phenols is 1. The molecule has 0 radical (unpaired) electrons. The van der Waals surface area contributed by atoms with Crippen LogP contribution in [0.15, 0.2) is 40.9 Å². The van der Waals surface area contributed by atoms with Crippen LogP contribution in [0.2, 0.25) is 0 Å². The van der Waals surface area contributed by atoms with E-state index in [0.717, 1.165) is 24.1 Å². The number of aliphatic hydroxyl groups is 3. The Morgan fingerprint density at radius 1 is 1.19 bits per heavy atom. The number of nitrogens with two attached hydrogens (primary N) is 1. The highest BCUT2D eigenvalue weighted by atomic mass is 16.3. The molecule has 0 fully saturated rings. The van der Waals surface area contributed by atoms with Crippen molar-refractivity contribution in [3.8, 4) is 5.75 Å². The van der Waals surface area contributed by atoms with Gasteiger partial charge >= 0.3 is 0 Å². The Morgan fingerprint density at radius 3 is 2.53 bits per heavy atom. The third-order valence-corrected chi connectivity index (χ3v) is 8.02. The van der Waals surface area contributed by atoms with E-state index in [2.05, 4.69) is 5.32 Å².